The standard InChI is InChI=1S/C16H22N2O4/c1-2-9-22-14-5-3-12(4-6-14)10-17-16(21)18-8-7-13(11-18)15(19)20/h3-6,13H,2,7-11H2,1H3,(H,17,21)(H,19,20). The van der Waals surface area contributed by atoms with Crippen molar-refractivity contribution in [1.82, 2.24) is 10.2 Å². The molecule has 2 N–H and O–H groups in total. The van der Waals surface area contributed by atoms with Crippen LogP contribution in [0.25, 0.3) is 0 Å². The molecule has 1 atom stereocenters. The summed E-state index contributed by atoms with van der Waals surface area (Å²) in [6.07, 6.45) is 1.48. The summed E-state index contributed by atoms with van der Waals surface area (Å²) in [5.41, 5.74) is 0.978. The highest BCUT2D eigenvalue weighted by Crippen LogP contribution is 2.16. The summed E-state index contributed by atoms with van der Waals surface area (Å²) in [4.78, 5) is 24.4. The Bertz CT molecular complexity index is 515. The quantitative estimate of drug-likeness (QED) is 0.843. The molecule has 1 aliphatic heterocycles. The molecule has 6 heteroatoms. The molecule has 1 fully saturated rings. The van der Waals surface area contributed by atoms with E-state index in [1.165, 1.54) is 0 Å². The van der Waals surface area contributed by atoms with Crippen LogP contribution in [0, 0.1) is 5.92 Å². The van der Waals surface area contributed by atoms with Crippen molar-refractivity contribution in [1.29, 1.82) is 0 Å². The highest BCUT2D eigenvalue weighted by Gasteiger charge is 2.30. The van der Waals surface area contributed by atoms with E-state index in [4.69, 9.17) is 9.84 Å². The lowest BCUT2D eigenvalue weighted by Gasteiger charge is -2.16. The first-order valence-corrected chi connectivity index (χ1v) is 7.57. The van der Waals surface area contributed by atoms with Gasteiger partial charge in [0.1, 0.15) is 5.75 Å². The number of nitrogens with zero attached hydrogens (tertiary/aromatic N) is 1. The number of nitrogens with one attached hydrogen (secondary N) is 1. The first-order valence-electron chi connectivity index (χ1n) is 7.57. The van der Waals surface area contributed by atoms with Crippen LogP contribution in [0.4, 0.5) is 4.79 Å². The van der Waals surface area contributed by atoms with Crippen molar-refractivity contribution < 1.29 is 19.4 Å². The number of urea groups is 1. The third-order valence-electron chi connectivity index (χ3n) is 3.66. The van der Waals surface area contributed by atoms with Crippen LogP contribution < -0.4 is 10.1 Å². The van der Waals surface area contributed by atoms with E-state index in [1.54, 1.807) is 4.90 Å². The molecule has 1 heterocycles. The van der Waals surface area contributed by atoms with Crippen LogP contribution in [0.1, 0.15) is 25.3 Å². The third-order valence-corrected chi connectivity index (χ3v) is 3.66. The minimum atomic E-state index is -0.835. The molecule has 2 amide bonds. The van der Waals surface area contributed by atoms with Crippen molar-refractivity contribution >= 4 is 12.0 Å². The van der Waals surface area contributed by atoms with E-state index < -0.39 is 11.9 Å². The number of carbonyl (C=O) groups is 2. The van der Waals surface area contributed by atoms with Gasteiger partial charge in [-0.05, 0) is 30.5 Å². The highest BCUT2D eigenvalue weighted by molar-refractivity contribution is 5.77. The molecule has 2 rings (SSSR count). The van der Waals surface area contributed by atoms with Gasteiger partial charge in [-0.15, -0.1) is 0 Å². The molecule has 1 aromatic carbocycles. The number of carboxylic acid groups (broad SMARTS) is 1. The molecule has 0 radical (unpaired) electrons. The molecular formula is C16H22N2O4. The van der Waals surface area contributed by atoms with Crippen LogP contribution in [-0.2, 0) is 11.3 Å². The molecule has 0 spiro atoms. The summed E-state index contributed by atoms with van der Waals surface area (Å²) in [6.45, 7) is 3.94. The van der Waals surface area contributed by atoms with Gasteiger partial charge in [0.15, 0.2) is 0 Å². The SMILES string of the molecule is CCCOc1ccc(CNC(=O)N2CCC(C(=O)O)C2)cc1. The monoisotopic (exact) mass is 306 g/mol. The third kappa shape index (κ3) is 4.38. The Labute approximate surface area is 130 Å². The first kappa shape index (κ1) is 16.1. The summed E-state index contributed by atoms with van der Waals surface area (Å²) in [6, 6.07) is 7.38. The fourth-order valence-electron chi connectivity index (χ4n) is 2.36. The number of rotatable bonds is 6. The zero-order valence-corrected chi connectivity index (χ0v) is 12.7. The predicted molar refractivity (Wildman–Crippen MR) is 81.8 cm³/mol. The largest absolute Gasteiger partial charge is 0.494 e. The van der Waals surface area contributed by atoms with Gasteiger partial charge in [-0.25, -0.2) is 4.79 Å². The molecule has 1 unspecified atom stereocenters. The van der Waals surface area contributed by atoms with Gasteiger partial charge < -0.3 is 20.1 Å². The minimum Gasteiger partial charge on any atom is -0.494 e. The molecule has 1 aromatic rings. The van der Waals surface area contributed by atoms with Crippen LogP contribution in [0.3, 0.4) is 0 Å². The molecule has 0 bridgehead atoms. The second-order valence-electron chi connectivity index (χ2n) is 5.42. The van der Waals surface area contributed by atoms with Gasteiger partial charge in [-0.2, -0.15) is 0 Å². The topological polar surface area (TPSA) is 78.9 Å². The maximum absolute atomic E-state index is 12.0. The molecule has 22 heavy (non-hydrogen) atoms. The van der Waals surface area contributed by atoms with Gasteiger partial charge in [-0.3, -0.25) is 4.79 Å². The average Bonchev–Trinajstić information content (AvgIpc) is 3.02. The molecule has 6 nitrogen and oxygen atoms in total. The van der Waals surface area contributed by atoms with E-state index >= 15 is 0 Å². The number of ether oxygens (including phenoxy) is 1. The zero-order chi connectivity index (χ0) is 15.9. The van der Waals surface area contributed by atoms with E-state index in [9.17, 15) is 9.59 Å². The summed E-state index contributed by atoms with van der Waals surface area (Å²) in [5.74, 6) is -0.459. The number of carboxylic acids is 1. The van der Waals surface area contributed by atoms with E-state index in [1.807, 2.05) is 24.3 Å². The number of carbonyl (C=O) groups excluding carboxylic acids is 1. The van der Waals surface area contributed by atoms with Crippen LogP contribution in [0.15, 0.2) is 24.3 Å². The second kappa shape index (κ2) is 7.68. The van der Waals surface area contributed by atoms with Crippen LogP contribution in [0.2, 0.25) is 0 Å². The van der Waals surface area contributed by atoms with Gasteiger partial charge >= 0.3 is 12.0 Å². The molecule has 1 aliphatic rings. The Morgan fingerprint density at radius 2 is 2.09 bits per heavy atom. The van der Waals surface area contributed by atoms with Gasteiger partial charge in [0, 0.05) is 19.6 Å². The second-order valence-corrected chi connectivity index (χ2v) is 5.42. The van der Waals surface area contributed by atoms with E-state index in [0.29, 0.717) is 26.1 Å². The smallest absolute Gasteiger partial charge is 0.317 e. The number of likely N-dealkylation sites (tertiary alicyclic amines) is 1. The fourth-order valence-corrected chi connectivity index (χ4v) is 2.36. The first-order chi connectivity index (χ1) is 10.6. The van der Waals surface area contributed by atoms with Crippen molar-refractivity contribution in [3.8, 4) is 5.75 Å². The van der Waals surface area contributed by atoms with Gasteiger partial charge in [0.05, 0.1) is 12.5 Å². The molecule has 1 saturated heterocycles. The van der Waals surface area contributed by atoms with Crippen molar-refractivity contribution in [2.75, 3.05) is 19.7 Å². The maximum Gasteiger partial charge on any atom is 0.317 e. The molecule has 120 valence electrons. The summed E-state index contributed by atoms with van der Waals surface area (Å²) in [7, 11) is 0. The molecule has 0 aromatic heterocycles. The van der Waals surface area contributed by atoms with Crippen molar-refractivity contribution in [3.63, 3.8) is 0 Å². The fraction of sp³-hybridized carbons (Fsp3) is 0.500. The number of amides is 2. The van der Waals surface area contributed by atoms with Crippen LogP contribution in [-0.4, -0.2) is 41.7 Å². The van der Waals surface area contributed by atoms with E-state index in [-0.39, 0.29) is 12.6 Å². The lowest BCUT2D eigenvalue weighted by Crippen LogP contribution is -2.38. The van der Waals surface area contributed by atoms with Crippen LogP contribution in [0.5, 0.6) is 5.75 Å². The summed E-state index contributed by atoms with van der Waals surface area (Å²) in [5, 5.41) is 11.8. The van der Waals surface area contributed by atoms with Gasteiger partial charge in [0.2, 0.25) is 0 Å². The molecular weight excluding hydrogens is 284 g/mol. The van der Waals surface area contributed by atoms with Gasteiger partial charge in [0.25, 0.3) is 0 Å². The molecule has 0 saturated carbocycles. The minimum absolute atomic E-state index is 0.213. The normalized spacial score (nSPS) is 17.3. The maximum atomic E-state index is 12.0. The predicted octanol–water partition coefficient (Wildman–Crippen LogP) is 2.09. The van der Waals surface area contributed by atoms with Crippen molar-refractivity contribution in [2.45, 2.75) is 26.3 Å². The van der Waals surface area contributed by atoms with Gasteiger partial charge in [-0.1, -0.05) is 19.1 Å². The number of aliphatic carboxylic acids is 1. The Hall–Kier alpha value is -2.24. The average molecular weight is 306 g/mol. The van der Waals surface area contributed by atoms with E-state index in [0.717, 1.165) is 17.7 Å². The molecule has 0 aliphatic carbocycles. The number of benzene rings is 1. The van der Waals surface area contributed by atoms with Crippen molar-refractivity contribution in [3.05, 3.63) is 29.8 Å². The van der Waals surface area contributed by atoms with E-state index in [2.05, 4.69) is 12.2 Å². The number of hydrogen-bond donors (Lipinski definition) is 2. The Kier molecular flexibility index (Phi) is 5.63. The number of hydrogen-bond acceptors (Lipinski definition) is 3. The lowest BCUT2D eigenvalue weighted by atomic mass is 10.1. The Morgan fingerprint density at radius 1 is 1.36 bits per heavy atom. The summed E-state index contributed by atoms with van der Waals surface area (Å²) < 4.78 is 5.50. The lowest BCUT2D eigenvalue weighted by molar-refractivity contribution is -0.141. The Balaban J connectivity index is 1.78. The van der Waals surface area contributed by atoms with Crippen molar-refractivity contribution in [2.24, 2.45) is 5.92 Å². The summed E-state index contributed by atoms with van der Waals surface area (Å²) >= 11 is 0. The van der Waals surface area contributed by atoms with Crippen LogP contribution >= 0.6 is 0 Å². The zero-order valence-electron chi connectivity index (χ0n) is 12.7. The highest BCUT2D eigenvalue weighted by atomic mass is 16.5. The Morgan fingerprint density at radius 3 is 2.68 bits per heavy atom.